The van der Waals surface area contributed by atoms with E-state index in [1.807, 2.05) is 13.8 Å². The molecule has 2 aromatic heterocycles. The van der Waals surface area contributed by atoms with E-state index in [1.165, 1.54) is 10.8 Å². The van der Waals surface area contributed by atoms with Crippen LogP contribution in [0.3, 0.4) is 0 Å². The predicted octanol–water partition coefficient (Wildman–Crippen LogP) is 1.59. The van der Waals surface area contributed by atoms with Crippen LogP contribution in [-0.2, 0) is 6.54 Å². The van der Waals surface area contributed by atoms with Crippen LogP contribution in [0.5, 0.6) is 0 Å². The average Bonchev–Trinajstić information content (AvgIpc) is 2.83. The summed E-state index contributed by atoms with van der Waals surface area (Å²) in [6, 6.07) is 1.68. The zero-order chi connectivity index (χ0) is 14.0. The minimum atomic E-state index is -1.10. The second kappa shape index (κ2) is 5.09. The lowest BCUT2D eigenvalue weighted by atomic mass is 10.1. The molecule has 6 nitrogen and oxygen atoms in total. The number of aromatic amines is 1. The van der Waals surface area contributed by atoms with E-state index >= 15 is 0 Å². The second-order valence-electron chi connectivity index (χ2n) is 4.74. The number of aromatic nitrogens is 3. The number of nitrogens with one attached hydrogen (secondary N) is 1. The molecule has 0 aliphatic carbocycles. The van der Waals surface area contributed by atoms with Gasteiger partial charge in [-0.05, 0) is 12.0 Å². The summed E-state index contributed by atoms with van der Waals surface area (Å²) in [5.41, 5.74) is 0.375. The molecular weight excluding hydrogens is 246 g/mol. The molecule has 0 fully saturated rings. The summed E-state index contributed by atoms with van der Waals surface area (Å²) < 4.78 is 1.34. The van der Waals surface area contributed by atoms with Crippen LogP contribution in [-0.4, -0.2) is 25.6 Å². The van der Waals surface area contributed by atoms with Gasteiger partial charge < -0.3 is 10.1 Å². The van der Waals surface area contributed by atoms with Gasteiger partial charge in [0.05, 0.1) is 5.69 Å². The summed E-state index contributed by atoms with van der Waals surface area (Å²) in [6.07, 6.45) is 4.63. The van der Waals surface area contributed by atoms with E-state index in [4.69, 9.17) is 0 Å². The lowest BCUT2D eigenvalue weighted by Crippen LogP contribution is -2.27. The molecule has 0 saturated carbocycles. The maximum absolute atomic E-state index is 11.9. The van der Waals surface area contributed by atoms with Crippen molar-refractivity contribution < 1.29 is 9.90 Å². The molecule has 0 aliphatic heterocycles. The van der Waals surface area contributed by atoms with Crippen LogP contribution in [0.2, 0.25) is 0 Å². The van der Waals surface area contributed by atoms with Crippen molar-refractivity contribution in [2.75, 3.05) is 0 Å². The SMILES string of the molecule is CC(C)Cn1cc(C(=O)O)c(-c2cc[nH]c2)nc1=O. The molecule has 2 N–H and O–H groups in total. The molecule has 19 heavy (non-hydrogen) atoms. The van der Waals surface area contributed by atoms with E-state index in [0.29, 0.717) is 12.1 Å². The average molecular weight is 261 g/mol. The number of hydrogen-bond acceptors (Lipinski definition) is 3. The highest BCUT2D eigenvalue weighted by Crippen LogP contribution is 2.19. The van der Waals surface area contributed by atoms with Gasteiger partial charge in [-0.25, -0.2) is 9.59 Å². The van der Waals surface area contributed by atoms with E-state index in [9.17, 15) is 14.7 Å². The Morgan fingerprint density at radius 2 is 2.26 bits per heavy atom. The van der Waals surface area contributed by atoms with Crippen LogP contribution in [0, 0.1) is 5.92 Å². The van der Waals surface area contributed by atoms with Crippen LogP contribution in [0.25, 0.3) is 11.3 Å². The second-order valence-corrected chi connectivity index (χ2v) is 4.74. The molecule has 0 atom stereocenters. The summed E-state index contributed by atoms with van der Waals surface area (Å²) in [5, 5.41) is 9.25. The van der Waals surface area contributed by atoms with Crippen molar-refractivity contribution in [3.8, 4) is 11.3 Å². The number of carboxylic acids is 1. The fourth-order valence-corrected chi connectivity index (χ4v) is 1.86. The van der Waals surface area contributed by atoms with Crippen molar-refractivity contribution in [3.05, 3.63) is 40.7 Å². The Morgan fingerprint density at radius 3 is 2.79 bits per heavy atom. The summed E-state index contributed by atoms with van der Waals surface area (Å²) >= 11 is 0. The molecule has 0 amide bonds. The molecule has 0 aliphatic rings. The number of aromatic carboxylic acids is 1. The number of nitrogens with zero attached hydrogens (tertiary/aromatic N) is 2. The molecule has 0 spiro atoms. The molecule has 6 heteroatoms. The standard InChI is InChI=1S/C13H15N3O3/c1-8(2)6-16-7-10(12(17)18)11(15-13(16)19)9-3-4-14-5-9/h3-5,7-8,14H,6H2,1-2H3,(H,17,18). The number of rotatable bonds is 4. The normalized spacial score (nSPS) is 10.9. The summed E-state index contributed by atoms with van der Waals surface area (Å²) in [7, 11) is 0. The van der Waals surface area contributed by atoms with Gasteiger partial charge in [-0.15, -0.1) is 0 Å². The smallest absolute Gasteiger partial charge is 0.348 e. The largest absolute Gasteiger partial charge is 0.478 e. The van der Waals surface area contributed by atoms with Crippen molar-refractivity contribution in [3.63, 3.8) is 0 Å². The predicted molar refractivity (Wildman–Crippen MR) is 70.1 cm³/mol. The summed E-state index contributed by atoms with van der Waals surface area (Å²) in [5.74, 6) is -0.861. The van der Waals surface area contributed by atoms with Gasteiger partial charge in [-0.3, -0.25) is 4.57 Å². The third-order valence-corrected chi connectivity index (χ3v) is 2.66. The van der Waals surface area contributed by atoms with Gasteiger partial charge >= 0.3 is 11.7 Å². The fourth-order valence-electron chi connectivity index (χ4n) is 1.86. The van der Waals surface area contributed by atoms with Crippen LogP contribution >= 0.6 is 0 Å². The molecular formula is C13H15N3O3. The topological polar surface area (TPSA) is 88.0 Å². The Morgan fingerprint density at radius 1 is 1.53 bits per heavy atom. The van der Waals surface area contributed by atoms with E-state index in [-0.39, 0.29) is 17.2 Å². The van der Waals surface area contributed by atoms with Gasteiger partial charge in [0, 0.05) is 30.7 Å². The Balaban J connectivity index is 2.59. The first-order valence-electron chi connectivity index (χ1n) is 5.97. The lowest BCUT2D eigenvalue weighted by Gasteiger charge is -2.10. The van der Waals surface area contributed by atoms with E-state index < -0.39 is 11.7 Å². The van der Waals surface area contributed by atoms with Gasteiger partial charge in [0.2, 0.25) is 0 Å². The van der Waals surface area contributed by atoms with E-state index in [2.05, 4.69) is 9.97 Å². The molecule has 2 heterocycles. The number of carbonyl (C=O) groups is 1. The van der Waals surface area contributed by atoms with Crippen LogP contribution in [0.1, 0.15) is 24.2 Å². The molecule has 0 aromatic carbocycles. The first kappa shape index (κ1) is 13.1. The zero-order valence-electron chi connectivity index (χ0n) is 10.8. The van der Waals surface area contributed by atoms with Crippen molar-refractivity contribution >= 4 is 5.97 Å². The van der Waals surface area contributed by atoms with Crippen molar-refractivity contribution in [2.45, 2.75) is 20.4 Å². The first-order chi connectivity index (χ1) is 8.99. The third-order valence-electron chi connectivity index (χ3n) is 2.66. The minimum Gasteiger partial charge on any atom is -0.478 e. The highest BCUT2D eigenvalue weighted by atomic mass is 16.4. The molecule has 0 bridgehead atoms. The Labute approximate surface area is 109 Å². The Hall–Kier alpha value is -2.37. The number of hydrogen-bond donors (Lipinski definition) is 2. The Bertz CT molecular complexity index is 642. The molecule has 100 valence electrons. The molecule has 0 saturated heterocycles. The van der Waals surface area contributed by atoms with Crippen LogP contribution in [0.4, 0.5) is 0 Å². The quantitative estimate of drug-likeness (QED) is 0.874. The van der Waals surface area contributed by atoms with Crippen LogP contribution in [0.15, 0.2) is 29.5 Å². The molecule has 0 radical (unpaired) electrons. The van der Waals surface area contributed by atoms with Crippen molar-refractivity contribution in [1.82, 2.24) is 14.5 Å². The zero-order valence-corrected chi connectivity index (χ0v) is 10.8. The number of H-pyrrole nitrogens is 1. The van der Waals surface area contributed by atoms with Crippen molar-refractivity contribution in [2.24, 2.45) is 5.92 Å². The molecule has 2 aromatic rings. The van der Waals surface area contributed by atoms with Gasteiger partial charge in [-0.1, -0.05) is 13.8 Å². The monoisotopic (exact) mass is 261 g/mol. The van der Waals surface area contributed by atoms with Crippen molar-refractivity contribution in [1.29, 1.82) is 0 Å². The summed E-state index contributed by atoms with van der Waals surface area (Å²) in [6.45, 7) is 4.35. The highest BCUT2D eigenvalue weighted by Gasteiger charge is 2.17. The third kappa shape index (κ3) is 2.73. The van der Waals surface area contributed by atoms with Gasteiger partial charge in [0.1, 0.15) is 5.56 Å². The highest BCUT2D eigenvalue weighted by molar-refractivity contribution is 5.94. The summed E-state index contributed by atoms with van der Waals surface area (Å²) in [4.78, 5) is 29.9. The minimum absolute atomic E-state index is 0.0276. The molecule has 0 unspecified atom stereocenters. The lowest BCUT2D eigenvalue weighted by molar-refractivity contribution is 0.0696. The molecule has 2 rings (SSSR count). The van der Waals surface area contributed by atoms with E-state index in [0.717, 1.165) is 0 Å². The fraction of sp³-hybridized carbons (Fsp3) is 0.308. The number of carboxylic acid groups (broad SMARTS) is 1. The van der Waals surface area contributed by atoms with Gasteiger partial charge in [0.25, 0.3) is 0 Å². The van der Waals surface area contributed by atoms with E-state index in [1.54, 1.807) is 18.5 Å². The van der Waals surface area contributed by atoms with Crippen LogP contribution < -0.4 is 5.69 Å². The maximum Gasteiger partial charge on any atom is 0.348 e. The Kier molecular flexibility index (Phi) is 3.50. The first-order valence-corrected chi connectivity index (χ1v) is 5.97. The van der Waals surface area contributed by atoms with Gasteiger partial charge in [0.15, 0.2) is 0 Å². The van der Waals surface area contributed by atoms with Gasteiger partial charge in [-0.2, -0.15) is 4.98 Å². The maximum atomic E-state index is 11.9.